The third kappa shape index (κ3) is 4.77. The van der Waals surface area contributed by atoms with E-state index in [1.165, 1.54) is 35.0 Å². The van der Waals surface area contributed by atoms with Gasteiger partial charge in [0.1, 0.15) is 14.6 Å². The number of thiophene rings is 1. The number of aryl methyl sites for hydroxylation is 1. The number of carbonyl (C=O) groups is 4. The molecule has 5 amide bonds. The number of thioether (sulfide) groups is 1. The lowest BCUT2D eigenvalue weighted by molar-refractivity contribution is -0.132. The quantitative estimate of drug-likeness (QED) is 0.585. The fraction of sp³-hybridized carbons (Fsp3) is 0.577. The van der Waals surface area contributed by atoms with Crippen molar-refractivity contribution in [3.05, 3.63) is 23.4 Å². The molecule has 2 N–H and O–H groups in total. The van der Waals surface area contributed by atoms with Crippen LogP contribution in [-0.4, -0.2) is 92.8 Å². The van der Waals surface area contributed by atoms with Gasteiger partial charge in [-0.25, -0.2) is 9.78 Å². The Morgan fingerprint density at radius 2 is 1.89 bits per heavy atom. The highest BCUT2D eigenvalue weighted by molar-refractivity contribution is 8.16. The van der Waals surface area contributed by atoms with Crippen molar-refractivity contribution in [3.8, 4) is 0 Å². The first kappa shape index (κ1) is 26.9. The zero-order chi connectivity index (χ0) is 27.2. The van der Waals surface area contributed by atoms with Crippen molar-refractivity contribution in [2.24, 2.45) is 0 Å². The molecule has 3 aliphatic heterocycles. The van der Waals surface area contributed by atoms with Crippen molar-refractivity contribution in [2.75, 3.05) is 38.5 Å². The summed E-state index contributed by atoms with van der Waals surface area (Å²) in [5.41, 5.74) is 1.33. The number of urea groups is 1. The maximum atomic E-state index is 13.7. The number of anilines is 1. The minimum absolute atomic E-state index is 0.0517. The van der Waals surface area contributed by atoms with E-state index in [9.17, 15) is 19.2 Å². The number of aromatic nitrogens is 1. The molecule has 0 radical (unpaired) electrons. The lowest BCUT2D eigenvalue weighted by Gasteiger charge is -2.44. The number of hydrogen-bond acceptors (Lipinski definition) is 8. The van der Waals surface area contributed by atoms with Crippen LogP contribution in [-0.2, 0) is 4.79 Å². The molecule has 5 heterocycles. The molecule has 1 spiro atoms. The van der Waals surface area contributed by atoms with Gasteiger partial charge in [0, 0.05) is 49.8 Å². The van der Waals surface area contributed by atoms with Gasteiger partial charge in [-0.05, 0) is 76.9 Å². The zero-order valence-corrected chi connectivity index (χ0v) is 23.8. The van der Waals surface area contributed by atoms with Gasteiger partial charge in [0.25, 0.3) is 11.1 Å². The number of nitrogens with zero attached hydrogens (tertiary/aromatic N) is 4. The first-order valence-electron chi connectivity index (χ1n) is 13.1. The summed E-state index contributed by atoms with van der Waals surface area (Å²) in [7, 11) is 1.54. The molecule has 10 nitrogen and oxygen atoms in total. The monoisotopic (exact) mass is 558 g/mol. The summed E-state index contributed by atoms with van der Waals surface area (Å²) in [4.78, 5) is 62.6. The van der Waals surface area contributed by atoms with Gasteiger partial charge in [-0.2, -0.15) is 0 Å². The van der Waals surface area contributed by atoms with E-state index >= 15 is 0 Å². The molecule has 12 heteroatoms. The largest absolute Gasteiger partial charge is 0.341 e. The Kier molecular flexibility index (Phi) is 7.40. The van der Waals surface area contributed by atoms with Crippen LogP contribution in [0.3, 0.4) is 0 Å². The molecule has 1 unspecified atom stereocenters. The summed E-state index contributed by atoms with van der Waals surface area (Å²) in [6, 6.07) is 3.51. The van der Waals surface area contributed by atoms with E-state index in [0.29, 0.717) is 30.2 Å². The minimum atomic E-state index is -0.687. The van der Waals surface area contributed by atoms with E-state index in [-0.39, 0.29) is 35.2 Å². The summed E-state index contributed by atoms with van der Waals surface area (Å²) in [6.07, 6.45) is 3.18. The third-order valence-electron chi connectivity index (χ3n) is 7.72. The van der Waals surface area contributed by atoms with Crippen LogP contribution in [0, 0.1) is 6.92 Å². The van der Waals surface area contributed by atoms with Crippen molar-refractivity contribution >= 4 is 61.4 Å². The van der Waals surface area contributed by atoms with Crippen LogP contribution in [0.4, 0.5) is 14.6 Å². The molecular formula is C26H34N6O4S2. The van der Waals surface area contributed by atoms with Gasteiger partial charge in [0.05, 0.1) is 5.56 Å². The first-order valence-corrected chi connectivity index (χ1v) is 14.8. The van der Waals surface area contributed by atoms with Crippen LogP contribution < -0.4 is 10.6 Å². The van der Waals surface area contributed by atoms with E-state index < -0.39 is 4.75 Å². The molecule has 2 aromatic heterocycles. The second-order valence-corrected chi connectivity index (χ2v) is 12.9. The number of hydrogen-bond donors (Lipinski definition) is 2. The molecule has 3 fully saturated rings. The van der Waals surface area contributed by atoms with Crippen LogP contribution >= 0.6 is 23.1 Å². The van der Waals surface area contributed by atoms with Gasteiger partial charge >= 0.3 is 6.03 Å². The Hall–Kier alpha value is -2.70. The number of amides is 5. The maximum absolute atomic E-state index is 13.7. The SMILES string of the molecule is CNC(=O)Nc1sc2nc(C)ccc2c1C(=O)N1CCC(N2CCCC3(C2)SC(=O)N(C(C)C)C3=O)CC1. The molecule has 0 aliphatic carbocycles. The lowest BCUT2D eigenvalue weighted by atomic mass is 9.91. The normalized spacial score (nSPS) is 23.2. The topological polar surface area (TPSA) is 115 Å². The summed E-state index contributed by atoms with van der Waals surface area (Å²) < 4.78 is -0.687. The molecule has 3 saturated heterocycles. The fourth-order valence-corrected chi connectivity index (χ4v) is 8.26. The van der Waals surface area contributed by atoms with Crippen LogP contribution in [0.2, 0.25) is 0 Å². The van der Waals surface area contributed by atoms with Crippen LogP contribution in [0.1, 0.15) is 55.6 Å². The van der Waals surface area contributed by atoms with E-state index in [4.69, 9.17) is 0 Å². The highest BCUT2D eigenvalue weighted by Crippen LogP contribution is 2.45. The summed E-state index contributed by atoms with van der Waals surface area (Å²) in [5, 5.41) is 6.46. The predicted octanol–water partition coefficient (Wildman–Crippen LogP) is 3.90. The standard InChI is InChI=1S/C26H34N6O4S2/c1-15(2)32-23(34)26(38-25(32)36)10-5-11-31(14-26)17-8-12-30(13-9-17)22(33)19-18-7-6-16(3)28-20(18)37-21(19)29-24(35)27-4/h6-7,15,17H,5,8-14H2,1-4H3,(H2,27,29,35). The summed E-state index contributed by atoms with van der Waals surface area (Å²) in [6.45, 7) is 8.30. The number of imide groups is 1. The minimum Gasteiger partial charge on any atom is -0.341 e. The van der Waals surface area contributed by atoms with Gasteiger partial charge in [-0.1, -0.05) is 11.3 Å². The van der Waals surface area contributed by atoms with Gasteiger partial charge in [-0.3, -0.25) is 29.5 Å². The number of rotatable bonds is 4. The Labute approximate surface area is 230 Å². The van der Waals surface area contributed by atoms with Gasteiger partial charge in [0.2, 0.25) is 5.91 Å². The predicted molar refractivity (Wildman–Crippen MR) is 150 cm³/mol. The maximum Gasteiger partial charge on any atom is 0.319 e. The molecule has 5 rings (SSSR count). The smallest absolute Gasteiger partial charge is 0.319 e. The van der Waals surface area contributed by atoms with Crippen molar-refractivity contribution in [3.63, 3.8) is 0 Å². The molecular weight excluding hydrogens is 524 g/mol. The summed E-state index contributed by atoms with van der Waals surface area (Å²) in [5.74, 6) is -0.161. The third-order valence-corrected chi connectivity index (χ3v) is 10.0. The van der Waals surface area contributed by atoms with Crippen molar-refractivity contribution in [1.82, 2.24) is 25.0 Å². The van der Waals surface area contributed by atoms with E-state index in [1.807, 2.05) is 37.8 Å². The molecule has 204 valence electrons. The number of carbonyl (C=O) groups excluding carboxylic acids is 4. The molecule has 0 bridgehead atoms. The number of nitrogens with one attached hydrogen (secondary N) is 2. The van der Waals surface area contributed by atoms with Crippen molar-refractivity contribution in [2.45, 2.75) is 63.3 Å². The molecule has 0 aromatic carbocycles. The highest BCUT2D eigenvalue weighted by Gasteiger charge is 2.55. The zero-order valence-electron chi connectivity index (χ0n) is 22.2. The number of fused-ring (bicyclic) bond motifs is 1. The Balaban J connectivity index is 1.29. The van der Waals surface area contributed by atoms with E-state index in [2.05, 4.69) is 20.5 Å². The van der Waals surface area contributed by atoms with Crippen LogP contribution in [0.5, 0.6) is 0 Å². The van der Waals surface area contributed by atoms with Crippen LogP contribution in [0.25, 0.3) is 10.2 Å². The number of pyridine rings is 1. The summed E-state index contributed by atoms with van der Waals surface area (Å²) >= 11 is 2.51. The van der Waals surface area contributed by atoms with Gasteiger partial charge in [0.15, 0.2) is 0 Å². The second kappa shape index (κ2) is 10.5. The number of likely N-dealkylation sites (tertiary alicyclic amines) is 2. The van der Waals surface area contributed by atoms with Gasteiger partial charge in [-0.15, -0.1) is 0 Å². The Bertz CT molecular complexity index is 1290. The average Bonchev–Trinajstić information content (AvgIpc) is 3.35. The Morgan fingerprint density at radius 1 is 1.16 bits per heavy atom. The second-order valence-electron chi connectivity index (χ2n) is 10.5. The Morgan fingerprint density at radius 3 is 2.55 bits per heavy atom. The van der Waals surface area contributed by atoms with Crippen molar-refractivity contribution in [1.29, 1.82) is 0 Å². The molecule has 0 saturated carbocycles. The van der Waals surface area contributed by atoms with Crippen molar-refractivity contribution < 1.29 is 19.2 Å². The van der Waals surface area contributed by atoms with E-state index in [0.717, 1.165) is 48.1 Å². The van der Waals surface area contributed by atoms with E-state index in [1.54, 1.807) is 0 Å². The highest BCUT2D eigenvalue weighted by atomic mass is 32.2. The first-order chi connectivity index (χ1) is 18.1. The molecule has 2 aromatic rings. The van der Waals surface area contributed by atoms with Gasteiger partial charge < -0.3 is 10.2 Å². The fourth-order valence-electron chi connectivity index (χ4n) is 5.76. The molecule has 1 atom stereocenters. The molecule has 3 aliphatic rings. The average molecular weight is 559 g/mol. The molecule has 38 heavy (non-hydrogen) atoms. The van der Waals surface area contributed by atoms with Crippen LogP contribution in [0.15, 0.2) is 12.1 Å². The lowest BCUT2D eigenvalue weighted by Crippen LogP contribution is -2.56. The number of piperidine rings is 2.